The number of carbonyl (C=O) groups is 2. The van der Waals surface area contributed by atoms with Crippen molar-refractivity contribution >= 4 is 21.8 Å². The zero-order valence-corrected chi connectivity index (χ0v) is 11.2. The van der Waals surface area contributed by atoms with Gasteiger partial charge in [0.25, 0.3) is 0 Å². The second-order valence-corrected chi connectivity index (χ2v) is 6.16. The quantitative estimate of drug-likeness (QED) is 0.581. The number of hydrogen-bond acceptors (Lipinski definition) is 4. The number of rotatable bonds is 5. The lowest BCUT2D eigenvalue weighted by atomic mass is 10.1. The number of nitrogens with one attached hydrogen (secondary N) is 3. The van der Waals surface area contributed by atoms with Crippen molar-refractivity contribution in [2.75, 3.05) is 19.3 Å². The minimum atomic E-state index is -3.28. The summed E-state index contributed by atoms with van der Waals surface area (Å²) >= 11 is 0. The molecule has 1 atom stereocenters. The fourth-order valence-electron chi connectivity index (χ4n) is 1.69. The molecule has 0 aromatic rings. The van der Waals surface area contributed by atoms with E-state index >= 15 is 0 Å². The third-order valence-corrected chi connectivity index (χ3v) is 3.32. The van der Waals surface area contributed by atoms with Gasteiger partial charge in [-0.15, -0.1) is 0 Å². The first-order valence-electron chi connectivity index (χ1n) is 5.90. The van der Waals surface area contributed by atoms with E-state index in [1.165, 1.54) is 0 Å². The SMILES string of the molecule is CS(=O)(=O)NCCC(=O)N[C@H]1CCCCNC1=O. The summed E-state index contributed by atoms with van der Waals surface area (Å²) in [6.45, 7) is 0.680. The van der Waals surface area contributed by atoms with Crippen LogP contribution in [0.3, 0.4) is 0 Å². The van der Waals surface area contributed by atoms with Crippen molar-refractivity contribution in [2.24, 2.45) is 0 Å². The largest absolute Gasteiger partial charge is 0.354 e. The summed E-state index contributed by atoms with van der Waals surface area (Å²) in [7, 11) is -3.28. The Hall–Kier alpha value is -1.15. The third kappa shape index (κ3) is 5.97. The Morgan fingerprint density at radius 2 is 2.17 bits per heavy atom. The van der Waals surface area contributed by atoms with Crippen molar-refractivity contribution in [3.8, 4) is 0 Å². The van der Waals surface area contributed by atoms with Crippen LogP contribution in [0.4, 0.5) is 0 Å². The summed E-state index contributed by atoms with van der Waals surface area (Å²) in [5.41, 5.74) is 0. The highest BCUT2D eigenvalue weighted by Crippen LogP contribution is 2.05. The molecule has 1 heterocycles. The lowest BCUT2D eigenvalue weighted by molar-refractivity contribution is -0.128. The van der Waals surface area contributed by atoms with E-state index in [2.05, 4.69) is 15.4 Å². The van der Waals surface area contributed by atoms with Gasteiger partial charge in [0.1, 0.15) is 6.04 Å². The molecule has 0 bridgehead atoms. The van der Waals surface area contributed by atoms with Gasteiger partial charge in [0.2, 0.25) is 21.8 Å². The Kier molecular flexibility index (Phi) is 5.54. The van der Waals surface area contributed by atoms with E-state index in [-0.39, 0.29) is 24.8 Å². The predicted molar refractivity (Wildman–Crippen MR) is 66.3 cm³/mol. The Labute approximate surface area is 107 Å². The molecule has 7 nitrogen and oxygen atoms in total. The first-order chi connectivity index (χ1) is 8.38. The first kappa shape index (κ1) is 14.9. The van der Waals surface area contributed by atoms with E-state index in [0.717, 1.165) is 19.1 Å². The average molecular weight is 277 g/mol. The van der Waals surface area contributed by atoms with Crippen LogP contribution in [0.15, 0.2) is 0 Å². The molecule has 1 rings (SSSR count). The zero-order chi connectivity index (χ0) is 13.6. The lowest BCUT2D eigenvalue weighted by Crippen LogP contribution is -2.46. The molecule has 0 spiro atoms. The molecular formula is C10H19N3O4S. The maximum absolute atomic E-state index is 11.5. The second-order valence-electron chi connectivity index (χ2n) is 4.32. The molecule has 8 heteroatoms. The van der Waals surface area contributed by atoms with Gasteiger partial charge < -0.3 is 10.6 Å². The van der Waals surface area contributed by atoms with Crippen molar-refractivity contribution in [1.29, 1.82) is 0 Å². The Balaban J connectivity index is 2.32. The van der Waals surface area contributed by atoms with Crippen LogP contribution in [0.1, 0.15) is 25.7 Å². The molecule has 1 aliphatic heterocycles. The van der Waals surface area contributed by atoms with Crippen molar-refractivity contribution in [3.63, 3.8) is 0 Å². The van der Waals surface area contributed by atoms with E-state index in [1.54, 1.807) is 0 Å². The van der Waals surface area contributed by atoms with Gasteiger partial charge in [-0.05, 0) is 19.3 Å². The summed E-state index contributed by atoms with van der Waals surface area (Å²) in [6, 6.07) is -0.502. The van der Waals surface area contributed by atoms with E-state index < -0.39 is 16.1 Å². The lowest BCUT2D eigenvalue weighted by Gasteiger charge is -2.15. The number of sulfonamides is 1. The Bertz CT molecular complexity index is 407. The predicted octanol–water partition coefficient (Wildman–Crippen LogP) is -1.29. The van der Waals surface area contributed by atoms with E-state index in [4.69, 9.17) is 0 Å². The topological polar surface area (TPSA) is 104 Å². The van der Waals surface area contributed by atoms with Crippen LogP contribution in [0.2, 0.25) is 0 Å². The maximum atomic E-state index is 11.5. The molecule has 18 heavy (non-hydrogen) atoms. The molecule has 0 unspecified atom stereocenters. The molecule has 0 aliphatic carbocycles. The van der Waals surface area contributed by atoms with Gasteiger partial charge in [-0.1, -0.05) is 0 Å². The van der Waals surface area contributed by atoms with E-state index in [1.807, 2.05) is 0 Å². The Morgan fingerprint density at radius 1 is 1.44 bits per heavy atom. The number of carbonyl (C=O) groups excluding carboxylic acids is 2. The summed E-state index contributed by atoms with van der Waals surface area (Å²) in [4.78, 5) is 23.1. The fraction of sp³-hybridized carbons (Fsp3) is 0.800. The number of hydrogen-bond donors (Lipinski definition) is 3. The second kappa shape index (κ2) is 6.69. The van der Waals surface area contributed by atoms with Gasteiger partial charge in [0.05, 0.1) is 6.26 Å². The zero-order valence-electron chi connectivity index (χ0n) is 10.4. The minimum Gasteiger partial charge on any atom is -0.354 e. The summed E-state index contributed by atoms with van der Waals surface area (Å²) in [6.07, 6.45) is 3.47. The van der Waals surface area contributed by atoms with E-state index in [0.29, 0.717) is 13.0 Å². The van der Waals surface area contributed by atoms with Gasteiger partial charge in [-0.25, -0.2) is 13.1 Å². The molecule has 3 N–H and O–H groups in total. The van der Waals surface area contributed by atoms with Crippen LogP contribution in [-0.4, -0.2) is 45.6 Å². The summed E-state index contributed by atoms with van der Waals surface area (Å²) in [5, 5.41) is 5.32. The first-order valence-corrected chi connectivity index (χ1v) is 7.79. The van der Waals surface area contributed by atoms with Gasteiger partial charge in [0, 0.05) is 19.5 Å². The van der Waals surface area contributed by atoms with Crippen LogP contribution in [0.5, 0.6) is 0 Å². The molecule has 104 valence electrons. The van der Waals surface area contributed by atoms with Crippen LogP contribution >= 0.6 is 0 Å². The van der Waals surface area contributed by atoms with Gasteiger partial charge >= 0.3 is 0 Å². The van der Waals surface area contributed by atoms with Gasteiger partial charge in [0.15, 0.2) is 0 Å². The molecule has 0 saturated carbocycles. The van der Waals surface area contributed by atoms with Crippen molar-refractivity contribution in [2.45, 2.75) is 31.7 Å². The molecule has 2 amide bonds. The Morgan fingerprint density at radius 3 is 2.83 bits per heavy atom. The van der Waals surface area contributed by atoms with Gasteiger partial charge in [-0.3, -0.25) is 9.59 Å². The van der Waals surface area contributed by atoms with Crippen molar-refractivity contribution in [3.05, 3.63) is 0 Å². The monoisotopic (exact) mass is 277 g/mol. The average Bonchev–Trinajstić information content (AvgIpc) is 2.42. The highest BCUT2D eigenvalue weighted by molar-refractivity contribution is 7.88. The maximum Gasteiger partial charge on any atom is 0.242 e. The summed E-state index contributed by atoms with van der Waals surface area (Å²) in [5.74, 6) is -0.495. The molecular weight excluding hydrogens is 258 g/mol. The highest BCUT2D eigenvalue weighted by atomic mass is 32.2. The molecule has 1 saturated heterocycles. The smallest absolute Gasteiger partial charge is 0.242 e. The molecule has 0 aromatic carbocycles. The standard InChI is InChI=1S/C10H19N3O4S/c1-18(16,17)12-7-5-9(14)13-8-4-2-3-6-11-10(8)15/h8,12H,2-7H2,1H3,(H,11,15)(H,13,14)/t8-/m0/s1. The van der Waals surface area contributed by atoms with Crippen LogP contribution in [-0.2, 0) is 19.6 Å². The van der Waals surface area contributed by atoms with E-state index in [9.17, 15) is 18.0 Å². The van der Waals surface area contributed by atoms with Gasteiger partial charge in [-0.2, -0.15) is 0 Å². The fourth-order valence-corrected chi connectivity index (χ4v) is 2.17. The third-order valence-electron chi connectivity index (χ3n) is 2.59. The van der Waals surface area contributed by atoms with Crippen LogP contribution < -0.4 is 15.4 Å². The molecule has 1 fully saturated rings. The molecule has 0 radical (unpaired) electrons. The normalized spacial score (nSPS) is 20.9. The van der Waals surface area contributed by atoms with Crippen LogP contribution in [0, 0.1) is 0 Å². The minimum absolute atomic E-state index is 0.0247. The van der Waals surface area contributed by atoms with Crippen molar-refractivity contribution in [1.82, 2.24) is 15.4 Å². The molecule has 1 aliphatic rings. The van der Waals surface area contributed by atoms with Crippen LogP contribution in [0.25, 0.3) is 0 Å². The molecule has 0 aromatic heterocycles. The highest BCUT2D eigenvalue weighted by Gasteiger charge is 2.21. The number of amides is 2. The van der Waals surface area contributed by atoms with Crippen molar-refractivity contribution < 1.29 is 18.0 Å². The summed E-state index contributed by atoms with van der Waals surface area (Å²) < 4.78 is 23.8.